The van der Waals surface area contributed by atoms with E-state index in [1.165, 1.54) is 16.7 Å². The van der Waals surface area contributed by atoms with Crippen LogP contribution < -0.4 is 5.32 Å². The van der Waals surface area contributed by atoms with Gasteiger partial charge in [-0.1, -0.05) is 12.1 Å². The number of anilines is 1. The van der Waals surface area contributed by atoms with E-state index in [-0.39, 0.29) is 0 Å². The maximum absolute atomic E-state index is 4.50. The third-order valence-electron chi connectivity index (χ3n) is 3.42. The van der Waals surface area contributed by atoms with Gasteiger partial charge in [-0.3, -0.25) is 15.0 Å². The Labute approximate surface area is 110 Å². The van der Waals surface area contributed by atoms with Gasteiger partial charge in [0.1, 0.15) is 5.69 Å². The van der Waals surface area contributed by atoms with E-state index >= 15 is 0 Å². The molecule has 0 aliphatic carbocycles. The van der Waals surface area contributed by atoms with Gasteiger partial charge in [-0.25, -0.2) is 0 Å². The monoisotopic (exact) mass is 248 g/mol. The zero-order chi connectivity index (χ0) is 12.7. The molecule has 3 heterocycles. The molecule has 1 N–H and O–H groups in total. The quantitative estimate of drug-likeness (QED) is 0.842. The van der Waals surface area contributed by atoms with Crippen LogP contribution in [0.4, 0.5) is 5.69 Å². The number of aliphatic imine (C=N–C) groups is 2. The van der Waals surface area contributed by atoms with Crippen molar-refractivity contribution in [1.82, 2.24) is 4.98 Å². The second-order valence-electron chi connectivity index (χ2n) is 4.68. The van der Waals surface area contributed by atoms with E-state index in [0.29, 0.717) is 6.54 Å². The molecule has 4 heteroatoms. The number of nitrogens with zero attached hydrogens (tertiary/aromatic N) is 3. The molecule has 4 nitrogen and oxygen atoms in total. The SMILES string of the molecule is C1=NCc2ccc(NC3=NCc4cccnc43)cc21. The Balaban J connectivity index is 1.65. The predicted octanol–water partition coefficient (Wildman–Crippen LogP) is 2.39. The van der Waals surface area contributed by atoms with Crippen molar-refractivity contribution >= 4 is 17.7 Å². The molecule has 92 valence electrons. The van der Waals surface area contributed by atoms with E-state index < -0.39 is 0 Å². The zero-order valence-corrected chi connectivity index (χ0v) is 10.3. The van der Waals surface area contributed by atoms with Gasteiger partial charge in [-0.15, -0.1) is 0 Å². The molecular formula is C15H12N4. The van der Waals surface area contributed by atoms with Crippen molar-refractivity contribution in [3.8, 4) is 0 Å². The lowest BCUT2D eigenvalue weighted by Gasteiger charge is -2.08. The van der Waals surface area contributed by atoms with Gasteiger partial charge in [0.25, 0.3) is 0 Å². The molecule has 0 saturated heterocycles. The summed E-state index contributed by atoms with van der Waals surface area (Å²) in [7, 11) is 0. The third-order valence-corrected chi connectivity index (χ3v) is 3.42. The number of nitrogens with one attached hydrogen (secondary N) is 1. The van der Waals surface area contributed by atoms with Gasteiger partial charge in [0.15, 0.2) is 5.84 Å². The number of hydrogen-bond acceptors (Lipinski definition) is 4. The van der Waals surface area contributed by atoms with Gasteiger partial charge in [0.2, 0.25) is 0 Å². The van der Waals surface area contributed by atoms with Gasteiger partial charge >= 0.3 is 0 Å². The summed E-state index contributed by atoms with van der Waals surface area (Å²) < 4.78 is 0. The van der Waals surface area contributed by atoms with E-state index in [0.717, 1.165) is 23.8 Å². The highest BCUT2D eigenvalue weighted by molar-refractivity contribution is 6.09. The molecule has 0 unspecified atom stereocenters. The third kappa shape index (κ3) is 1.73. The lowest BCUT2D eigenvalue weighted by molar-refractivity contribution is 1.09. The molecule has 1 aromatic heterocycles. The lowest BCUT2D eigenvalue weighted by atomic mass is 10.1. The maximum atomic E-state index is 4.50. The largest absolute Gasteiger partial charge is 0.339 e. The van der Waals surface area contributed by atoms with Crippen molar-refractivity contribution in [2.75, 3.05) is 5.32 Å². The van der Waals surface area contributed by atoms with E-state index in [2.05, 4.69) is 44.6 Å². The molecule has 0 spiro atoms. The summed E-state index contributed by atoms with van der Waals surface area (Å²) in [5, 5.41) is 3.35. The average molecular weight is 248 g/mol. The Morgan fingerprint density at radius 2 is 2.05 bits per heavy atom. The van der Waals surface area contributed by atoms with Crippen molar-refractivity contribution in [3.05, 3.63) is 58.9 Å². The molecule has 0 bridgehead atoms. The standard InChI is InChI=1S/C15H12N4/c1-2-11-9-18-15(14(11)17-5-1)19-13-4-3-10-7-16-8-12(10)6-13/h1-6,8H,7,9H2,(H,18,19). The Hall–Kier alpha value is -2.49. The molecule has 0 saturated carbocycles. The summed E-state index contributed by atoms with van der Waals surface area (Å²) in [6.07, 6.45) is 3.72. The number of amidine groups is 1. The Morgan fingerprint density at radius 1 is 1.05 bits per heavy atom. The predicted molar refractivity (Wildman–Crippen MR) is 75.8 cm³/mol. The minimum atomic E-state index is 0.706. The van der Waals surface area contributed by atoms with Crippen LogP contribution in [-0.4, -0.2) is 17.0 Å². The van der Waals surface area contributed by atoms with E-state index in [4.69, 9.17) is 0 Å². The van der Waals surface area contributed by atoms with Crippen LogP contribution in [0.2, 0.25) is 0 Å². The molecular weight excluding hydrogens is 236 g/mol. The van der Waals surface area contributed by atoms with Crippen LogP contribution in [0.3, 0.4) is 0 Å². The molecule has 2 aromatic rings. The summed E-state index contributed by atoms with van der Waals surface area (Å²) in [5.41, 5.74) is 5.62. The Bertz CT molecular complexity index is 716. The van der Waals surface area contributed by atoms with Crippen LogP contribution in [0.1, 0.15) is 22.4 Å². The Morgan fingerprint density at radius 3 is 3.05 bits per heavy atom. The fourth-order valence-corrected chi connectivity index (χ4v) is 2.43. The van der Waals surface area contributed by atoms with E-state index in [1.807, 2.05) is 12.3 Å². The first kappa shape index (κ1) is 10.4. The highest BCUT2D eigenvalue weighted by Gasteiger charge is 2.17. The summed E-state index contributed by atoms with van der Waals surface area (Å²) >= 11 is 0. The summed E-state index contributed by atoms with van der Waals surface area (Å²) in [6, 6.07) is 10.3. The molecule has 0 atom stereocenters. The fourth-order valence-electron chi connectivity index (χ4n) is 2.43. The van der Waals surface area contributed by atoms with Crippen molar-refractivity contribution in [3.63, 3.8) is 0 Å². The first-order chi connectivity index (χ1) is 9.40. The first-order valence-electron chi connectivity index (χ1n) is 6.29. The number of rotatable bonds is 1. The van der Waals surface area contributed by atoms with Gasteiger partial charge in [0, 0.05) is 23.7 Å². The molecule has 0 amide bonds. The smallest absolute Gasteiger partial charge is 0.152 e. The Kier molecular flexibility index (Phi) is 2.21. The number of benzene rings is 1. The fraction of sp³-hybridized carbons (Fsp3) is 0.133. The molecule has 0 fully saturated rings. The molecule has 2 aliphatic rings. The van der Waals surface area contributed by atoms with E-state index in [1.54, 1.807) is 6.20 Å². The second kappa shape index (κ2) is 4.02. The van der Waals surface area contributed by atoms with Gasteiger partial charge in [-0.2, -0.15) is 0 Å². The van der Waals surface area contributed by atoms with Crippen LogP contribution in [0, 0.1) is 0 Å². The highest BCUT2D eigenvalue weighted by Crippen LogP contribution is 2.22. The van der Waals surface area contributed by atoms with Gasteiger partial charge in [-0.05, 0) is 29.3 Å². The highest BCUT2D eigenvalue weighted by atomic mass is 15.0. The van der Waals surface area contributed by atoms with Crippen molar-refractivity contribution < 1.29 is 0 Å². The van der Waals surface area contributed by atoms with Crippen LogP contribution in [0.25, 0.3) is 0 Å². The van der Waals surface area contributed by atoms with Crippen LogP contribution in [0.15, 0.2) is 46.5 Å². The van der Waals surface area contributed by atoms with Gasteiger partial charge < -0.3 is 5.32 Å². The minimum Gasteiger partial charge on any atom is -0.339 e. The molecule has 4 rings (SSSR count). The first-order valence-corrected chi connectivity index (χ1v) is 6.29. The van der Waals surface area contributed by atoms with Crippen LogP contribution >= 0.6 is 0 Å². The number of fused-ring (bicyclic) bond motifs is 2. The van der Waals surface area contributed by atoms with Crippen molar-refractivity contribution in [2.24, 2.45) is 9.98 Å². The summed E-state index contributed by atoms with van der Waals surface area (Å²) in [4.78, 5) is 13.2. The molecule has 19 heavy (non-hydrogen) atoms. The number of aromatic nitrogens is 1. The van der Waals surface area contributed by atoms with Crippen molar-refractivity contribution in [1.29, 1.82) is 0 Å². The average Bonchev–Trinajstić information content (AvgIpc) is 3.06. The molecule has 1 aromatic carbocycles. The molecule has 2 aliphatic heterocycles. The second-order valence-corrected chi connectivity index (χ2v) is 4.68. The summed E-state index contributed by atoms with van der Waals surface area (Å²) in [6.45, 7) is 1.50. The number of hydrogen-bond donors (Lipinski definition) is 1. The van der Waals surface area contributed by atoms with Crippen LogP contribution in [0.5, 0.6) is 0 Å². The zero-order valence-electron chi connectivity index (χ0n) is 10.3. The topological polar surface area (TPSA) is 49.6 Å². The summed E-state index contributed by atoms with van der Waals surface area (Å²) in [5.74, 6) is 0.852. The molecule has 0 radical (unpaired) electrons. The number of pyridine rings is 1. The van der Waals surface area contributed by atoms with Crippen LogP contribution in [-0.2, 0) is 13.1 Å². The van der Waals surface area contributed by atoms with E-state index in [9.17, 15) is 0 Å². The van der Waals surface area contributed by atoms with Gasteiger partial charge in [0.05, 0.1) is 13.1 Å². The van der Waals surface area contributed by atoms with Crippen molar-refractivity contribution in [2.45, 2.75) is 13.1 Å². The maximum Gasteiger partial charge on any atom is 0.152 e. The normalized spacial score (nSPS) is 15.1. The lowest BCUT2D eigenvalue weighted by Crippen LogP contribution is -2.13. The minimum absolute atomic E-state index is 0.706.